The molecule has 1 atom stereocenters. The van der Waals surface area contributed by atoms with Gasteiger partial charge in [-0.2, -0.15) is 0 Å². The molecular formula is C16H21N5OS. The average Bonchev–Trinajstić information content (AvgIpc) is 3.06. The Labute approximate surface area is 140 Å². The van der Waals surface area contributed by atoms with E-state index in [-0.39, 0.29) is 5.41 Å². The molecule has 0 bridgehead atoms. The van der Waals surface area contributed by atoms with Crippen LogP contribution >= 0.6 is 11.3 Å². The van der Waals surface area contributed by atoms with Gasteiger partial charge in [-0.3, -0.25) is 0 Å². The quantitative estimate of drug-likeness (QED) is 0.839. The van der Waals surface area contributed by atoms with Crippen LogP contribution in [0.2, 0.25) is 0 Å². The largest absolute Gasteiger partial charge is 0.379 e. The first-order valence-corrected chi connectivity index (χ1v) is 8.97. The highest BCUT2D eigenvalue weighted by molar-refractivity contribution is 7.13. The number of hydrogen-bond donors (Lipinski definition) is 0. The van der Waals surface area contributed by atoms with Crippen molar-refractivity contribution >= 4 is 22.4 Å². The number of rotatable bonds is 2. The summed E-state index contributed by atoms with van der Waals surface area (Å²) < 4.78 is 5.96. The van der Waals surface area contributed by atoms with E-state index in [0.29, 0.717) is 0 Å². The van der Waals surface area contributed by atoms with E-state index in [0.717, 1.165) is 50.5 Å². The van der Waals surface area contributed by atoms with Crippen molar-refractivity contribution in [2.45, 2.75) is 12.8 Å². The number of nitrogens with zero attached hydrogens (tertiary/aromatic N) is 5. The van der Waals surface area contributed by atoms with Gasteiger partial charge in [-0.05, 0) is 18.9 Å². The third kappa shape index (κ3) is 3.16. The molecule has 1 spiro atoms. The standard InChI is InChI=1S/C16H21N5OS/c1-3-16(12-21(7-1)15-19-6-10-23-15)11-20(8-9-22-13-16)14-17-4-2-5-18-14/h2,4-6,10H,1,3,7-9,11-13H2/t16-/m1/s1. The molecule has 4 rings (SSSR count). The van der Waals surface area contributed by atoms with Crippen LogP contribution in [0.3, 0.4) is 0 Å². The van der Waals surface area contributed by atoms with Crippen molar-refractivity contribution in [2.75, 3.05) is 49.2 Å². The molecule has 0 N–H and O–H groups in total. The van der Waals surface area contributed by atoms with Gasteiger partial charge in [0.25, 0.3) is 0 Å². The van der Waals surface area contributed by atoms with Crippen molar-refractivity contribution in [1.82, 2.24) is 15.0 Å². The molecule has 2 aliphatic heterocycles. The van der Waals surface area contributed by atoms with Gasteiger partial charge in [0.15, 0.2) is 5.13 Å². The molecule has 0 amide bonds. The molecule has 0 saturated carbocycles. The summed E-state index contributed by atoms with van der Waals surface area (Å²) in [6, 6.07) is 1.86. The van der Waals surface area contributed by atoms with Gasteiger partial charge in [-0.25, -0.2) is 15.0 Å². The molecular weight excluding hydrogens is 310 g/mol. The predicted molar refractivity (Wildman–Crippen MR) is 91.1 cm³/mol. The molecule has 2 saturated heterocycles. The molecule has 2 aromatic rings. The number of aromatic nitrogens is 3. The van der Waals surface area contributed by atoms with Gasteiger partial charge >= 0.3 is 0 Å². The Balaban J connectivity index is 1.56. The molecule has 0 aromatic carbocycles. The number of piperidine rings is 1. The van der Waals surface area contributed by atoms with Crippen LogP contribution in [-0.4, -0.2) is 54.3 Å². The molecule has 0 unspecified atom stereocenters. The van der Waals surface area contributed by atoms with Crippen molar-refractivity contribution in [1.29, 1.82) is 0 Å². The highest BCUT2D eigenvalue weighted by Gasteiger charge is 2.40. The van der Waals surface area contributed by atoms with E-state index >= 15 is 0 Å². The molecule has 122 valence electrons. The molecule has 0 radical (unpaired) electrons. The molecule has 6 nitrogen and oxygen atoms in total. The molecule has 2 aromatic heterocycles. The Hall–Kier alpha value is -1.73. The minimum Gasteiger partial charge on any atom is -0.379 e. The summed E-state index contributed by atoms with van der Waals surface area (Å²) in [4.78, 5) is 18.0. The van der Waals surface area contributed by atoms with Gasteiger partial charge < -0.3 is 14.5 Å². The lowest BCUT2D eigenvalue weighted by molar-refractivity contribution is 0.0598. The second-order valence-electron chi connectivity index (χ2n) is 6.36. The summed E-state index contributed by atoms with van der Waals surface area (Å²) in [5.74, 6) is 0.809. The number of hydrogen-bond acceptors (Lipinski definition) is 7. The van der Waals surface area contributed by atoms with E-state index in [4.69, 9.17) is 4.74 Å². The highest BCUT2D eigenvalue weighted by atomic mass is 32.1. The van der Waals surface area contributed by atoms with E-state index in [9.17, 15) is 0 Å². The van der Waals surface area contributed by atoms with Crippen molar-refractivity contribution < 1.29 is 4.74 Å². The van der Waals surface area contributed by atoms with Gasteiger partial charge in [0.1, 0.15) is 0 Å². The van der Waals surface area contributed by atoms with Crippen molar-refractivity contribution in [3.8, 4) is 0 Å². The minimum absolute atomic E-state index is 0.125. The Morgan fingerprint density at radius 2 is 1.91 bits per heavy atom. The lowest BCUT2D eigenvalue weighted by Gasteiger charge is -2.43. The average molecular weight is 331 g/mol. The summed E-state index contributed by atoms with van der Waals surface area (Å²) in [7, 11) is 0. The first kappa shape index (κ1) is 14.8. The minimum atomic E-state index is 0.125. The van der Waals surface area contributed by atoms with Crippen LogP contribution < -0.4 is 9.80 Å². The maximum Gasteiger partial charge on any atom is 0.225 e. The molecule has 2 fully saturated rings. The van der Waals surface area contributed by atoms with Crippen molar-refractivity contribution in [3.05, 3.63) is 30.0 Å². The fourth-order valence-electron chi connectivity index (χ4n) is 3.61. The van der Waals surface area contributed by atoms with E-state index in [1.165, 1.54) is 12.8 Å². The third-order valence-corrected chi connectivity index (χ3v) is 5.46. The lowest BCUT2D eigenvalue weighted by atomic mass is 9.80. The topological polar surface area (TPSA) is 54.4 Å². The zero-order chi connectivity index (χ0) is 15.5. The van der Waals surface area contributed by atoms with Crippen LogP contribution in [0.25, 0.3) is 0 Å². The summed E-state index contributed by atoms with van der Waals surface area (Å²) in [5.41, 5.74) is 0.125. The second kappa shape index (κ2) is 6.41. The maximum absolute atomic E-state index is 5.96. The van der Waals surface area contributed by atoms with E-state index in [1.807, 2.05) is 30.0 Å². The highest BCUT2D eigenvalue weighted by Crippen LogP contribution is 2.36. The van der Waals surface area contributed by atoms with Crippen LogP contribution in [0.15, 0.2) is 30.0 Å². The van der Waals surface area contributed by atoms with Crippen LogP contribution in [0, 0.1) is 5.41 Å². The zero-order valence-electron chi connectivity index (χ0n) is 13.1. The van der Waals surface area contributed by atoms with Crippen LogP contribution in [0.4, 0.5) is 11.1 Å². The summed E-state index contributed by atoms with van der Waals surface area (Å²) in [6.07, 6.45) is 7.85. The fraction of sp³-hybridized carbons (Fsp3) is 0.562. The predicted octanol–water partition coefficient (Wildman–Crippen LogP) is 2.06. The van der Waals surface area contributed by atoms with Gasteiger partial charge in [-0.1, -0.05) is 0 Å². The fourth-order valence-corrected chi connectivity index (χ4v) is 4.28. The Morgan fingerprint density at radius 3 is 2.74 bits per heavy atom. The zero-order valence-corrected chi connectivity index (χ0v) is 13.9. The smallest absolute Gasteiger partial charge is 0.225 e. The van der Waals surface area contributed by atoms with Crippen LogP contribution in [-0.2, 0) is 4.74 Å². The Bertz CT molecular complexity index is 623. The maximum atomic E-state index is 5.96. The number of ether oxygens (including phenoxy) is 1. The Morgan fingerprint density at radius 1 is 1.04 bits per heavy atom. The molecule has 2 aliphatic rings. The number of thiazole rings is 1. The third-order valence-electron chi connectivity index (χ3n) is 4.63. The number of anilines is 2. The molecule has 4 heterocycles. The van der Waals surface area contributed by atoms with E-state index < -0.39 is 0 Å². The first-order valence-electron chi connectivity index (χ1n) is 8.09. The van der Waals surface area contributed by atoms with Gasteiger partial charge in [0, 0.05) is 55.6 Å². The monoisotopic (exact) mass is 331 g/mol. The molecule has 0 aliphatic carbocycles. The van der Waals surface area contributed by atoms with Gasteiger partial charge in [0.2, 0.25) is 5.95 Å². The summed E-state index contributed by atoms with van der Waals surface area (Å²) >= 11 is 1.71. The van der Waals surface area contributed by atoms with Crippen LogP contribution in [0.1, 0.15) is 12.8 Å². The molecule has 23 heavy (non-hydrogen) atoms. The van der Waals surface area contributed by atoms with Crippen molar-refractivity contribution in [3.63, 3.8) is 0 Å². The lowest BCUT2D eigenvalue weighted by Crippen LogP contribution is -2.51. The summed E-state index contributed by atoms with van der Waals surface area (Å²) in [6.45, 7) is 5.40. The SMILES string of the molecule is c1cnc(N2CCOC[C@]3(CCCN(c4nccs4)C3)C2)nc1. The van der Waals surface area contributed by atoms with Crippen molar-refractivity contribution in [2.24, 2.45) is 5.41 Å². The van der Waals surface area contributed by atoms with Crippen LogP contribution in [0.5, 0.6) is 0 Å². The van der Waals surface area contributed by atoms with E-state index in [2.05, 4.69) is 24.8 Å². The van der Waals surface area contributed by atoms with E-state index in [1.54, 1.807) is 11.3 Å². The second-order valence-corrected chi connectivity index (χ2v) is 7.24. The normalized spacial score (nSPS) is 25.6. The Kier molecular flexibility index (Phi) is 4.13. The van der Waals surface area contributed by atoms with Gasteiger partial charge in [0.05, 0.1) is 13.2 Å². The van der Waals surface area contributed by atoms with Gasteiger partial charge in [-0.15, -0.1) is 11.3 Å². The summed E-state index contributed by atoms with van der Waals surface area (Å²) in [5, 5.41) is 3.17. The first-order chi connectivity index (χ1) is 11.3. The molecule has 7 heteroatoms.